The molecule has 0 unspecified atom stereocenters. The van der Waals surface area contributed by atoms with E-state index >= 15 is 0 Å². The Morgan fingerprint density at radius 2 is 1.81 bits per heavy atom. The molecule has 0 aliphatic carbocycles. The molecule has 0 saturated heterocycles. The van der Waals surface area contributed by atoms with Crippen LogP contribution in [0.2, 0.25) is 0 Å². The van der Waals surface area contributed by atoms with Gasteiger partial charge in [-0.05, 0) is 25.5 Å². The molecule has 4 aromatic rings. The number of pyridine rings is 1. The maximum atomic E-state index is 12.5. The van der Waals surface area contributed by atoms with Gasteiger partial charge >= 0.3 is 0 Å². The molecule has 0 bridgehead atoms. The van der Waals surface area contributed by atoms with Gasteiger partial charge in [0.25, 0.3) is 5.91 Å². The van der Waals surface area contributed by atoms with Crippen LogP contribution in [0.1, 0.15) is 27.4 Å². The van der Waals surface area contributed by atoms with Crippen LogP contribution in [0.15, 0.2) is 55.0 Å². The van der Waals surface area contributed by atoms with Crippen LogP contribution >= 0.6 is 0 Å². The highest BCUT2D eigenvalue weighted by atomic mass is 16.2. The fourth-order valence-electron chi connectivity index (χ4n) is 3.14. The maximum Gasteiger partial charge on any atom is 0.287 e. The molecule has 0 aliphatic heterocycles. The summed E-state index contributed by atoms with van der Waals surface area (Å²) >= 11 is 0. The largest absolute Gasteiger partial charge is 0.344 e. The third kappa shape index (κ3) is 3.21. The second-order valence-corrected chi connectivity index (χ2v) is 6.75. The van der Waals surface area contributed by atoms with Gasteiger partial charge in [-0.15, -0.1) is 0 Å². The van der Waals surface area contributed by atoms with Crippen molar-refractivity contribution in [2.45, 2.75) is 20.4 Å². The number of rotatable bonds is 4. The van der Waals surface area contributed by atoms with Crippen LogP contribution in [0.5, 0.6) is 0 Å². The summed E-state index contributed by atoms with van der Waals surface area (Å²) < 4.78 is 3.75. The number of benzene rings is 1. The highest BCUT2D eigenvalue weighted by Gasteiger charge is 2.17. The van der Waals surface area contributed by atoms with Crippen molar-refractivity contribution in [3.63, 3.8) is 0 Å². The molecule has 27 heavy (non-hydrogen) atoms. The highest BCUT2D eigenvalue weighted by molar-refractivity contribution is 5.90. The van der Waals surface area contributed by atoms with Crippen LogP contribution in [0, 0.1) is 13.8 Å². The van der Waals surface area contributed by atoms with E-state index in [2.05, 4.69) is 41.5 Å². The standard InChI is InChI=1S/C21H21N5O/c1-14-4-7-16(8-5-14)19-17(26-13-15(2)6-9-18(26)24-19)12-23-21(27)20-22-10-11-25(20)3/h4-11,13H,12H2,1-3H3,(H,23,27). The normalized spacial score (nSPS) is 11.1. The van der Waals surface area contributed by atoms with Crippen LogP contribution in [-0.2, 0) is 13.6 Å². The first-order chi connectivity index (χ1) is 13.0. The lowest BCUT2D eigenvalue weighted by Crippen LogP contribution is -2.26. The monoisotopic (exact) mass is 359 g/mol. The summed E-state index contributed by atoms with van der Waals surface area (Å²) in [7, 11) is 1.80. The van der Waals surface area contributed by atoms with Crippen molar-refractivity contribution in [3.8, 4) is 11.3 Å². The molecule has 6 nitrogen and oxygen atoms in total. The molecule has 136 valence electrons. The third-order valence-corrected chi connectivity index (χ3v) is 4.63. The molecule has 1 N–H and O–H groups in total. The smallest absolute Gasteiger partial charge is 0.287 e. The minimum atomic E-state index is -0.208. The number of imidazole rings is 2. The number of carbonyl (C=O) groups excluding carboxylic acids is 1. The molecule has 1 aromatic carbocycles. The first-order valence-corrected chi connectivity index (χ1v) is 8.83. The van der Waals surface area contributed by atoms with Crippen molar-refractivity contribution in [1.29, 1.82) is 0 Å². The van der Waals surface area contributed by atoms with Gasteiger partial charge in [0.1, 0.15) is 5.65 Å². The number of nitrogens with one attached hydrogen (secondary N) is 1. The zero-order valence-electron chi connectivity index (χ0n) is 15.6. The van der Waals surface area contributed by atoms with E-state index in [0.717, 1.165) is 28.2 Å². The number of aromatic nitrogens is 4. The van der Waals surface area contributed by atoms with Crippen LogP contribution in [0.25, 0.3) is 16.9 Å². The van der Waals surface area contributed by atoms with Gasteiger partial charge in [0.15, 0.2) is 5.82 Å². The van der Waals surface area contributed by atoms with Crippen LogP contribution in [0.3, 0.4) is 0 Å². The summed E-state index contributed by atoms with van der Waals surface area (Å²) in [5, 5.41) is 2.98. The van der Waals surface area contributed by atoms with Crippen molar-refractivity contribution in [2.24, 2.45) is 7.05 Å². The van der Waals surface area contributed by atoms with E-state index in [1.807, 2.05) is 29.7 Å². The first kappa shape index (κ1) is 17.0. The number of amides is 1. The molecule has 0 radical (unpaired) electrons. The van der Waals surface area contributed by atoms with E-state index < -0.39 is 0 Å². The van der Waals surface area contributed by atoms with Gasteiger partial charge in [-0.25, -0.2) is 9.97 Å². The molecule has 1 amide bonds. The maximum absolute atomic E-state index is 12.5. The average molecular weight is 359 g/mol. The molecule has 4 rings (SSSR count). The second kappa shape index (κ2) is 6.72. The van der Waals surface area contributed by atoms with Gasteiger partial charge in [0.2, 0.25) is 0 Å². The van der Waals surface area contributed by atoms with Crippen molar-refractivity contribution in [2.75, 3.05) is 0 Å². The Balaban J connectivity index is 1.74. The fourth-order valence-corrected chi connectivity index (χ4v) is 3.14. The van der Waals surface area contributed by atoms with Gasteiger partial charge in [0.05, 0.1) is 17.9 Å². The topological polar surface area (TPSA) is 64.2 Å². The fraction of sp³-hybridized carbons (Fsp3) is 0.190. The van der Waals surface area contributed by atoms with Crippen molar-refractivity contribution >= 4 is 11.6 Å². The predicted octanol–water partition coefficient (Wildman–Crippen LogP) is 3.28. The average Bonchev–Trinajstić information content (AvgIpc) is 3.24. The van der Waals surface area contributed by atoms with Gasteiger partial charge in [0, 0.05) is 31.2 Å². The molecule has 0 fully saturated rings. The van der Waals surface area contributed by atoms with Crippen molar-refractivity contribution in [3.05, 3.63) is 77.6 Å². The van der Waals surface area contributed by atoms with Crippen molar-refractivity contribution < 1.29 is 4.79 Å². The molecule has 0 spiro atoms. The molecule has 3 heterocycles. The van der Waals surface area contributed by atoms with E-state index in [4.69, 9.17) is 4.98 Å². The molecule has 0 aliphatic rings. The van der Waals surface area contributed by atoms with Crippen LogP contribution in [0.4, 0.5) is 0 Å². The molecule has 0 saturated carbocycles. The molecular formula is C21H21N5O. The minimum absolute atomic E-state index is 0.208. The Labute approximate surface area is 157 Å². The number of hydrogen-bond acceptors (Lipinski definition) is 3. The lowest BCUT2D eigenvalue weighted by atomic mass is 10.1. The van der Waals surface area contributed by atoms with E-state index in [-0.39, 0.29) is 5.91 Å². The number of fused-ring (bicyclic) bond motifs is 1. The number of aryl methyl sites for hydroxylation is 3. The summed E-state index contributed by atoms with van der Waals surface area (Å²) in [6.45, 7) is 4.46. The highest BCUT2D eigenvalue weighted by Crippen LogP contribution is 2.25. The summed E-state index contributed by atoms with van der Waals surface area (Å²) in [5.41, 5.74) is 6.04. The van der Waals surface area contributed by atoms with Gasteiger partial charge in [-0.3, -0.25) is 4.79 Å². The Bertz CT molecular complexity index is 1120. The van der Waals surface area contributed by atoms with Gasteiger partial charge < -0.3 is 14.3 Å². The van der Waals surface area contributed by atoms with Crippen LogP contribution < -0.4 is 5.32 Å². The van der Waals surface area contributed by atoms with Crippen molar-refractivity contribution in [1.82, 2.24) is 24.3 Å². The van der Waals surface area contributed by atoms with Gasteiger partial charge in [-0.1, -0.05) is 35.9 Å². The van der Waals surface area contributed by atoms with Crippen LogP contribution in [-0.4, -0.2) is 24.8 Å². The zero-order chi connectivity index (χ0) is 19.0. The molecule has 0 atom stereocenters. The van der Waals surface area contributed by atoms with Gasteiger partial charge in [-0.2, -0.15) is 0 Å². The summed E-state index contributed by atoms with van der Waals surface area (Å²) in [6, 6.07) is 12.3. The second-order valence-electron chi connectivity index (χ2n) is 6.75. The van der Waals surface area contributed by atoms with E-state index in [9.17, 15) is 4.79 Å². The Hall–Kier alpha value is -3.41. The summed E-state index contributed by atoms with van der Waals surface area (Å²) in [4.78, 5) is 21.4. The summed E-state index contributed by atoms with van der Waals surface area (Å²) in [6.07, 6.45) is 5.41. The van der Waals surface area contributed by atoms with E-state index in [1.54, 1.807) is 24.0 Å². The number of hydrogen-bond donors (Lipinski definition) is 1. The predicted molar refractivity (Wildman–Crippen MR) is 104 cm³/mol. The Kier molecular flexibility index (Phi) is 4.24. The summed E-state index contributed by atoms with van der Waals surface area (Å²) in [5.74, 6) is 0.178. The lowest BCUT2D eigenvalue weighted by Gasteiger charge is -2.08. The molecule has 3 aromatic heterocycles. The molecular weight excluding hydrogens is 338 g/mol. The SMILES string of the molecule is Cc1ccc(-c2nc3ccc(C)cn3c2CNC(=O)c2nccn2C)cc1. The quantitative estimate of drug-likeness (QED) is 0.608. The number of nitrogens with zero attached hydrogens (tertiary/aromatic N) is 4. The lowest BCUT2D eigenvalue weighted by molar-refractivity contribution is 0.0937. The van der Waals surface area contributed by atoms with E-state index in [0.29, 0.717) is 12.4 Å². The Morgan fingerprint density at radius 3 is 2.52 bits per heavy atom. The number of carbonyl (C=O) groups is 1. The Morgan fingerprint density at radius 1 is 1.07 bits per heavy atom. The van der Waals surface area contributed by atoms with E-state index in [1.165, 1.54) is 5.56 Å². The minimum Gasteiger partial charge on any atom is -0.344 e. The zero-order valence-corrected chi connectivity index (χ0v) is 15.6. The first-order valence-electron chi connectivity index (χ1n) is 8.83. The third-order valence-electron chi connectivity index (χ3n) is 4.63. The molecule has 6 heteroatoms.